The topological polar surface area (TPSA) is 164 Å². The minimum absolute atomic E-state index is 0.0472. The van der Waals surface area contributed by atoms with Gasteiger partial charge in [0.25, 0.3) is 5.91 Å². The van der Waals surface area contributed by atoms with Gasteiger partial charge in [0.05, 0.1) is 6.21 Å². The summed E-state index contributed by atoms with van der Waals surface area (Å²) in [6, 6.07) is 18.1. The Balaban J connectivity index is 1.69. The molecule has 166 valence electrons. The smallest absolute Gasteiger partial charge is 0.273 e. The van der Waals surface area contributed by atoms with E-state index in [1.165, 1.54) is 18.3 Å². The normalized spacial score (nSPS) is 11.8. The Labute approximate surface area is 182 Å². The van der Waals surface area contributed by atoms with Crippen molar-refractivity contribution in [1.82, 2.24) is 5.43 Å². The molecule has 0 bridgehead atoms. The molecule has 11 heteroatoms. The highest BCUT2D eigenvalue weighted by atomic mass is 16.8. The fraction of sp³-hybridized carbons (Fsp3) is 0.0476. The van der Waals surface area contributed by atoms with Crippen molar-refractivity contribution in [3.63, 3.8) is 0 Å². The third kappa shape index (κ3) is 5.78. The fourth-order valence-electron chi connectivity index (χ4n) is 2.67. The van der Waals surface area contributed by atoms with E-state index in [-0.39, 0.29) is 28.1 Å². The van der Waals surface area contributed by atoms with E-state index < -0.39 is 17.2 Å². The summed E-state index contributed by atoms with van der Waals surface area (Å²) in [6.07, 6.45) is -0.0487. The Morgan fingerprint density at radius 2 is 1.78 bits per heavy atom. The van der Waals surface area contributed by atoms with Crippen LogP contribution in [0.4, 0.5) is 11.4 Å². The van der Waals surface area contributed by atoms with Crippen molar-refractivity contribution in [2.24, 2.45) is 5.10 Å². The van der Waals surface area contributed by atoms with Crippen LogP contribution in [-0.2, 0) is 4.79 Å². The van der Waals surface area contributed by atoms with Crippen LogP contribution in [-0.4, -0.2) is 27.6 Å². The number of ether oxygens (including phenoxy) is 1. The maximum absolute atomic E-state index is 12.0. The third-order valence-corrected chi connectivity index (χ3v) is 4.21. The van der Waals surface area contributed by atoms with Crippen LogP contribution in [0.1, 0.15) is 17.2 Å². The highest BCUT2D eigenvalue weighted by Gasteiger charge is 2.16. The van der Waals surface area contributed by atoms with Crippen LogP contribution in [0, 0.1) is 10.4 Å². The van der Waals surface area contributed by atoms with E-state index in [9.17, 15) is 30.7 Å². The molecule has 0 saturated heterocycles. The molecule has 3 aromatic rings. The Morgan fingerprint density at radius 1 is 1.03 bits per heavy atom. The molecule has 0 fully saturated rings. The lowest BCUT2D eigenvalue weighted by Gasteiger charge is -2.37. The van der Waals surface area contributed by atoms with Gasteiger partial charge < -0.3 is 25.5 Å². The van der Waals surface area contributed by atoms with Crippen molar-refractivity contribution in [3.05, 3.63) is 94.3 Å². The summed E-state index contributed by atoms with van der Waals surface area (Å²) in [5.41, 5.74) is 2.50. The Morgan fingerprint density at radius 3 is 2.47 bits per heavy atom. The molecule has 0 saturated carbocycles. The Kier molecular flexibility index (Phi) is 7.33. The van der Waals surface area contributed by atoms with Crippen LogP contribution >= 0.6 is 0 Å². The van der Waals surface area contributed by atoms with E-state index in [0.29, 0.717) is 11.1 Å². The second-order valence-corrected chi connectivity index (χ2v) is 6.42. The number of nitrogens with one attached hydrogen (secondary N) is 1. The van der Waals surface area contributed by atoms with Crippen LogP contribution in [0.5, 0.6) is 11.5 Å². The summed E-state index contributed by atoms with van der Waals surface area (Å²) in [4.78, 5) is 12.0. The maximum atomic E-state index is 12.0. The van der Waals surface area contributed by atoms with Gasteiger partial charge in [0.2, 0.25) is 0 Å². The number of carbonyl (C=O) groups is 1. The monoisotopic (exact) mass is 438 g/mol. The van der Waals surface area contributed by atoms with Gasteiger partial charge in [-0.25, -0.2) is 5.43 Å². The fourth-order valence-corrected chi connectivity index (χ4v) is 2.67. The number of nitrogens with zero attached hydrogens (tertiary/aromatic N) is 3. The van der Waals surface area contributed by atoms with Gasteiger partial charge in [-0.1, -0.05) is 42.5 Å². The number of carbonyl (C=O) groups excluding carboxylic acids is 1. The highest BCUT2D eigenvalue weighted by Crippen LogP contribution is 2.34. The van der Waals surface area contributed by atoms with Crippen molar-refractivity contribution in [2.45, 2.75) is 6.10 Å². The van der Waals surface area contributed by atoms with Crippen molar-refractivity contribution in [3.8, 4) is 11.5 Å². The van der Waals surface area contributed by atoms with E-state index in [2.05, 4.69) is 10.5 Å². The maximum Gasteiger partial charge on any atom is 0.273 e. The van der Waals surface area contributed by atoms with E-state index in [0.717, 1.165) is 12.1 Å². The molecule has 3 rings (SSSR count). The first-order valence-electron chi connectivity index (χ1n) is 9.15. The summed E-state index contributed by atoms with van der Waals surface area (Å²) >= 11 is 0. The molecule has 0 aliphatic rings. The number of aliphatic hydroxyl groups is 1. The first-order chi connectivity index (χ1) is 15.3. The zero-order valence-corrected chi connectivity index (χ0v) is 16.4. The Bertz CT molecular complexity index is 1090. The van der Waals surface area contributed by atoms with E-state index in [4.69, 9.17) is 4.74 Å². The summed E-state index contributed by atoms with van der Waals surface area (Å²) in [5.74, 6) is -0.489. The molecule has 1 amide bonds. The summed E-state index contributed by atoms with van der Waals surface area (Å²) in [7, 11) is 0. The molecule has 0 aliphatic heterocycles. The summed E-state index contributed by atoms with van der Waals surface area (Å²) in [5, 5.41) is 53.3. The number of hydrogen-bond acceptors (Lipinski definition) is 10. The predicted octanol–water partition coefficient (Wildman–Crippen LogP) is 3.05. The average molecular weight is 438 g/mol. The molecule has 0 aromatic heterocycles. The molecule has 11 nitrogen and oxygen atoms in total. The van der Waals surface area contributed by atoms with Crippen molar-refractivity contribution < 1.29 is 25.1 Å². The van der Waals surface area contributed by atoms with Gasteiger partial charge >= 0.3 is 0 Å². The van der Waals surface area contributed by atoms with E-state index in [1.807, 2.05) is 0 Å². The van der Waals surface area contributed by atoms with Crippen molar-refractivity contribution in [2.75, 3.05) is 10.5 Å². The number of hydrazone groups is 1. The SMILES string of the molecule is O=C(NN=Cc1cccc(Oc2ccc(N([O-])[O-])cc2N(O)O)c1)C(O)c1ccccc1. The second-order valence-electron chi connectivity index (χ2n) is 6.42. The van der Waals surface area contributed by atoms with Gasteiger partial charge in [0.15, 0.2) is 11.9 Å². The molecule has 3 aromatic carbocycles. The lowest BCUT2D eigenvalue weighted by Crippen LogP contribution is -2.25. The van der Waals surface area contributed by atoms with Crippen LogP contribution in [0.3, 0.4) is 0 Å². The number of anilines is 2. The van der Waals surface area contributed by atoms with E-state index in [1.54, 1.807) is 48.5 Å². The van der Waals surface area contributed by atoms with Crippen molar-refractivity contribution >= 4 is 23.5 Å². The zero-order chi connectivity index (χ0) is 23.1. The highest BCUT2D eigenvalue weighted by molar-refractivity contribution is 5.85. The predicted molar refractivity (Wildman–Crippen MR) is 115 cm³/mol. The van der Waals surface area contributed by atoms with Gasteiger partial charge in [-0.3, -0.25) is 15.2 Å². The molecule has 1 unspecified atom stereocenters. The van der Waals surface area contributed by atoms with Crippen LogP contribution in [0.25, 0.3) is 0 Å². The number of benzene rings is 3. The largest absolute Gasteiger partial charge is 0.769 e. The zero-order valence-electron chi connectivity index (χ0n) is 16.4. The van der Waals surface area contributed by atoms with Crippen molar-refractivity contribution in [1.29, 1.82) is 0 Å². The molecule has 0 heterocycles. The standard InChI is InChI=1S/C21H18N4O7/c26-20(15-6-2-1-3-7-15)21(27)23-22-13-14-5-4-8-17(11-14)32-19-10-9-16(24(28)29)12-18(19)25(30)31/h1-13,20,26,30-31H,(H,23,27)/q-2. The van der Waals surface area contributed by atoms with Crippen LogP contribution in [0.15, 0.2) is 77.9 Å². The molecule has 0 aliphatic carbocycles. The lowest BCUT2D eigenvalue weighted by atomic mass is 10.1. The summed E-state index contributed by atoms with van der Waals surface area (Å²) < 4.78 is 5.60. The molecule has 1 atom stereocenters. The second kappa shape index (κ2) is 10.3. The third-order valence-electron chi connectivity index (χ3n) is 4.21. The quantitative estimate of drug-likeness (QED) is 0.305. The molecule has 0 radical (unpaired) electrons. The number of hydrogen-bond donors (Lipinski definition) is 4. The molecule has 0 spiro atoms. The minimum atomic E-state index is -1.37. The number of amides is 1. The number of rotatable bonds is 8. The van der Waals surface area contributed by atoms with Crippen LogP contribution in [0.2, 0.25) is 0 Å². The summed E-state index contributed by atoms with van der Waals surface area (Å²) in [6.45, 7) is 0. The molecular weight excluding hydrogens is 420 g/mol. The lowest BCUT2D eigenvalue weighted by molar-refractivity contribution is -0.129. The van der Waals surface area contributed by atoms with Gasteiger partial charge in [0, 0.05) is 5.69 Å². The van der Waals surface area contributed by atoms with Gasteiger partial charge in [-0.2, -0.15) is 5.10 Å². The van der Waals surface area contributed by atoms with Gasteiger partial charge in [-0.15, -0.1) is 5.23 Å². The van der Waals surface area contributed by atoms with Crippen LogP contribution < -0.4 is 20.6 Å². The molecule has 4 N–H and O–H groups in total. The minimum Gasteiger partial charge on any atom is -0.769 e. The molecule has 32 heavy (non-hydrogen) atoms. The molecular formula is C21H18N4O7-2. The average Bonchev–Trinajstić information content (AvgIpc) is 2.79. The Hall–Kier alpha value is -4.00. The van der Waals surface area contributed by atoms with Gasteiger partial charge in [-0.05, 0) is 41.5 Å². The van der Waals surface area contributed by atoms with Gasteiger partial charge in [0.1, 0.15) is 11.4 Å². The van der Waals surface area contributed by atoms with E-state index >= 15 is 0 Å². The first-order valence-corrected chi connectivity index (χ1v) is 9.15. The number of aliphatic hydroxyl groups excluding tert-OH is 1. The first kappa shape index (κ1) is 22.7.